The third kappa shape index (κ3) is 3.60. The maximum atomic E-state index is 12.3. The predicted molar refractivity (Wildman–Crippen MR) is 79.8 cm³/mol. The zero-order valence-electron chi connectivity index (χ0n) is 12.2. The first-order chi connectivity index (χ1) is 10.1. The van der Waals surface area contributed by atoms with Crippen LogP contribution in [0.25, 0.3) is 0 Å². The van der Waals surface area contributed by atoms with Gasteiger partial charge in [-0.3, -0.25) is 14.5 Å². The first kappa shape index (κ1) is 15.0. The van der Waals surface area contributed by atoms with Crippen molar-refractivity contribution < 1.29 is 9.59 Å². The van der Waals surface area contributed by atoms with Crippen molar-refractivity contribution in [3.8, 4) is 6.07 Å². The molecule has 0 N–H and O–H groups in total. The Morgan fingerprint density at radius 2 is 1.81 bits per heavy atom. The van der Waals surface area contributed by atoms with Gasteiger partial charge in [0.05, 0.1) is 6.07 Å². The summed E-state index contributed by atoms with van der Waals surface area (Å²) < 4.78 is 0. The molecule has 1 aliphatic heterocycles. The summed E-state index contributed by atoms with van der Waals surface area (Å²) in [5.74, 6) is -0.150. The number of hydrogen-bond donors (Lipinski definition) is 0. The molecule has 0 atom stereocenters. The van der Waals surface area contributed by atoms with Gasteiger partial charge in [-0.1, -0.05) is 0 Å². The number of rotatable bonds is 3. The standard InChI is InChI=1S/C16H19N3O2/c1-13(20)19(12-9-17)15-7-5-14(6-8-15)16(21)18-10-3-2-4-11-18/h5-8H,2-4,10-12H2,1H3. The molecule has 5 heteroatoms. The number of likely N-dealkylation sites (tertiary alicyclic amines) is 1. The third-order valence-electron chi connectivity index (χ3n) is 3.68. The summed E-state index contributed by atoms with van der Waals surface area (Å²) in [5.41, 5.74) is 1.26. The van der Waals surface area contributed by atoms with E-state index in [0.717, 1.165) is 25.9 Å². The predicted octanol–water partition coefficient (Wildman–Crippen LogP) is 2.19. The minimum absolute atomic E-state index is 0.00868. The number of carbonyl (C=O) groups excluding carboxylic acids is 2. The molecule has 2 amide bonds. The fourth-order valence-electron chi connectivity index (χ4n) is 2.52. The van der Waals surface area contributed by atoms with Gasteiger partial charge in [-0.25, -0.2) is 0 Å². The van der Waals surface area contributed by atoms with Gasteiger partial charge in [-0.2, -0.15) is 5.26 Å². The third-order valence-corrected chi connectivity index (χ3v) is 3.68. The molecule has 0 unspecified atom stereocenters. The normalized spacial score (nSPS) is 14.4. The monoisotopic (exact) mass is 285 g/mol. The van der Waals surface area contributed by atoms with Crippen molar-refractivity contribution in [1.82, 2.24) is 4.90 Å². The van der Waals surface area contributed by atoms with Crippen LogP contribution in [0, 0.1) is 11.3 Å². The minimum atomic E-state index is -0.188. The summed E-state index contributed by atoms with van der Waals surface area (Å²) in [6.45, 7) is 3.06. The molecule has 110 valence electrons. The van der Waals surface area contributed by atoms with Crippen LogP contribution in [-0.4, -0.2) is 36.3 Å². The Hall–Kier alpha value is -2.35. The summed E-state index contributed by atoms with van der Waals surface area (Å²) in [6, 6.07) is 8.85. The topological polar surface area (TPSA) is 64.4 Å². The van der Waals surface area contributed by atoms with E-state index in [0.29, 0.717) is 11.3 Å². The fourth-order valence-corrected chi connectivity index (χ4v) is 2.52. The van der Waals surface area contributed by atoms with E-state index in [2.05, 4.69) is 0 Å². The number of carbonyl (C=O) groups is 2. The van der Waals surface area contributed by atoms with Gasteiger partial charge in [0, 0.05) is 31.3 Å². The van der Waals surface area contributed by atoms with Gasteiger partial charge in [-0.15, -0.1) is 0 Å². The van der Waals surface area contributed by atoms with Crippen molar-refractivity contribution in [1.29, 1.82) is 5.26 Å². The van der Waals surface area contributed by atoms with Gasteiger partial charge in [0.2, 0.25) is 5.91 Å². The van der Waals surface area contributed by atoms with Crippen LogP contribution < -0.4 is 4.90 Å². The van der Waals surface area contributed by atoms with E-state index in [-0.39, 0.29) is 18.4 Å². The van der Waals surface area contributed by atoms with E-state index < -0.39 is 0 Å². The van der Waals surface area contributed by atoms with Crippen LogP contribution in [0.2, 0.25) is 0 Å². The molecule has 5 nitrogen and oxygen atoms in total. The number of nitrogens with zero attached hydrogens (tertiary/aromatic N) is 3. The van der Waals surface area contributed by atoms with Gasteiger partial charge in [-0.05, 0) is 43.5 Å². The molecule has 0 aliphatic carbocycles. The molecule has 0 radical (unpaired) electrons. The lowest BCUT2D eigenvalue weighted by molar-refractivity contribution is -0.116. The zero-order chi connectivity index (χ0) is 15.2. The van der Waals surface area contributed by atoms with Crippen molar-refractivity contribution in [2.45, 2.75) is 26.2 Å². The Labute approximate surface area is 124 Å². The molecule has 0 bridgehead atoms. The highest BCUT2D eigenvalue weighted by molar-refractivity contribution is 5.96. The quantitative estimate of drug-likeness (QED) is 0.800. The summed E-state index contributed by atoms with van der Waals surface area (Å²) in [5, 5.41) is 8.76. The summed E-state index contributed by atoms with van der Waals surface area (Å²) in [7, 11) is 0. The molecule has 1 aromatic rings. The zero-order valence-corrected chi connectivity index (χ0v) is 12.2. The van der Waals surface area contributed by atoms with Crippen molar-refractivity contribution in [2.75, 3.05) is 24.5 Å². The summed E-state index contributed by atoms with van der Waals surface area (Å²) >= 11 is 0. The Bertz CT molecular complexity index is 554. The molecule has 2 rings (SSSR count). The lowest BCUT2D eigenvalue weighted by Gasteiger charge is -2.27. The maximum absolute atomic E-state index is 12.3. The van der Waals surface area contributed by atoms with Crippen LogP contribution in [0.4, 0.5) is 5.69 Å². The highest BCUT2D eigenvalue weighted by Crippen LogP contribution is 2.18. The first-order valence-electron chi connectivity index (χ1n) is 7.18. The maximum Gasteiger partial charge on any atom is 0.253 e. The Morgan fingerprint density at radius 1 is 1.19 bits per heavy atom. The second-order valence-electron chi connectivity index (χ2n) is 5.16. The molecule has 1 aliphatic rings. The number of piperidine rings is 1. The van der Waals surface area contributed by atoms with Gasteiger partial charge in [0.25, 0.3) is 5.91 Å². The van der Waals surface area contributed by atoms with Crippen LogP contribution in [0.1, 0.15) is 36.5 Å². The average Bonchev–Trinajstić information content (AvgIpc) is 2.53. The average molecular weight is 285 g/mol. The van der Waals surface area contributed by atoms with Crippen molar-refractivity contribution in [3.63, 3.8) is 0 Å². The number of amides is 2. The SMILES string of the molecule is CC(=O)N(CC#N)c1ccc(C(=O)N2CCCCC2)cc1. The molecular formula is C16H19N3O2. The van der Waals surface area contributed by atoms with Crippen LogP contribution in [0.5, 0.6) is 0 Å². The largest absolute Gasteiger partial charge is 0.339 e. The van der Waals surface area contributed by atoms with E-state index in [9.17, 15) is 9.59 Å². The smallest absolute Gasteiger partial charge is 0.253 e. The fraction of sp³-hybridized carbons (Fsp3) is 0.438. The molecule has 0 saturated carbocycles. The van der Waals surface area contributed by atoms with E-state index >= 15 is 0 Å². The van der Waals surface area contributed by atoms with Crippen LogP contribution in [0.3, 0.4) is 0 Å². The summed E-state index contributed by atoms with van der Waals surface area (Å²) in [4.78, 5) is 27.1. The first-order valence-corrected chi connectivity index (χ1v) is 7.18. The second kappa shape index (κ2) is 6.89. The molecule has 1 fully saturated rings. The number of anilines is 1. The molecule has 1 heterocycles. The molecule has 0 aromatic heterocycles. The molecular weight excluding hydrogens is 266 g/mol. The highest BCUT2D eigenvalue weighted by atomic mass is 16.2. The van der Waals surface area contributed by atoms with E-state index in [1.165, 1.54) is 18.2 Å². The van der Waals surface area contributed by atoms with Gasteiger partial charge in [0.15, 0.2) is 0 Å². The number of nitriles is 1. The van der Waals surface area contributed by atoms with E-state index in [1.54, 1.807) is 24.3 Å². The molecule has 1 aromatic carbocycles. The highest BCUT2D eigenvalue weighted by Gasteiger charge is 2.18. The van der Waals surface area contributed by atoms with E-state index in [4.69, 9.17) is 5.26 Å². The lowest BCUT2D eigenvalue weighted by Crippen LogP contribution is -2.35. The van der Waals surface area contributed by atoms with Gasteiger partial charge >= 0.3 is 0 Å². The Morgan fingerprint density at radius 3 is 2.33 bits per heavy atom. The van der Waals surface area contributed by atoms with Crippen molar-refractivity contribution in [2.24, 2.45) is 0 Å². The second-order valence-corrected chi connectivity index (χ2v) is 5.16. The van der Waals surface area contributed by atoms with Gasteiger partial charge in [0.1, 0.15) is 6.54 Å². The Kier molecular flexibility index (Phi) is 4.94. The van der Waals surface area contributed by atoms with Crippen LogP contribution in [0.15, 0.2) is 24.3 Å². The van der Waals surface area contributed by atoms with Crippen molar-refractivity contribution >= 4 is 17.5 Å². The number of benzene rings is 1. The van der Waals surface area contributed by atoms with E-state index in [1.807, 2.05) is 11.0 Å². The molecule has 21 heavy (non-hydrogen) atoms. The number of hydrogen-bond acceptors (Lipinski definition) is 3. The Balaban J connectivity index is 2.12. The van der Waals surface area contributed by atoms with Crippen LogP contribution >= 0.6 is 0 Å². The lowest BCUT2D eigenvalue weighted by atomic mass is 10.1. The van der Waals surface area contributed by atoms with Crippen LogP contribution in [-0.2, 0) is 4.79 Å². The van der Waals surface area contributed by atoms with Gasteiger partial charge < -0.3 is 4.90 Å². The van der Waals surface area contributed by atoms with Crippen molar-refractivity contribution in [3.05, 3.63) is 29.8 Å². The molecule has 1 saturated heterocycles. The summed E-state index contributed by atoms with van der Waals surface area (Å²) in [6.07, 6.45) is 3.30. The molecule has 0 spiro atoms. The minimum Gasteiger partial charge on any atom is -0.339 e.